The third-order valence-electron chi connectivity index (χ3n) is 2.99. The molecule has 0 amide bonds. The monoisotopic (exact) mass is 300 g/mol. The van der Waals surface area contributed by atoms with Crippen LogP contribution >= 0.6 is 7.92 Å². The van der Waals surface area contributed by atoms with Gasteiger partial charge in [0.25, 0.3) is 0 Å². The molecule has 4 N–H and O–H groups in total. The van der Waals surface area contributed by atoms with E-state index in [2.05, 4.69) is 74.2 Å². The highest BCUT2D eigenvalue weighted by molar-refractivity contribution is 7.73. The van der Waals surface area contributed by atoms with Gasteiger partial charge in [0.1, 0.15) is 0 Å². The Kier molecular flexibility index (Phi) is 8.61. The lowest BCUT2D eigenvalue weighted by atomic mass is 10.4. The fraction of sp³-hybridized carbons (Fsp3) is 0.222. The minimum Gasteiger partial charge on any atom is -0.327 e. The van der Waals surface area contributed by atoms with Crippen molar-refractivity contribution in [3.05, 3.63) is 73.3 Å². The molecule has 0 heterocycles. The molecule has 0 radical (unpaired) electrons. The van der Waals surface area contributed by atoms with Crippen LogP contribution in [0.3, 0.4) is 0 Å². The Balaban J connectivity index is 0.000000491. The molecule has 0 saturated heterocycles. The lowest BCUT2D eigenvalue weighted by molar-refractivity contribution is 0.861. The van der Waals surface area contributed by atoms with Crippen molar-refractivity contribution in [1.29, 1.82) is 0 Å². The smallest absolute Gasteiger partial charge is 0.0322 e. The molecule has 0 spiro atoms. The highest BCUT2D eigenvalue weighted by atomic mass is 31.1. The van der Waals surface area contributed by atoms with Crippen LogP contribution in [0.25, 0.3) is 0 Å². The first kappa shape index (κ1) is 17.6. The number of benzene rings is 2. The molecule has 0 aromatic heterocycles. The predicted molar refractivity (Wildman–Crippen MR) is 96.6 cm³/mol. The van der Waals surface area contributed by atoms with Crippen molar-refractivity contribution in [3.8, 4) is 0 Å². The summed E-state index contributed by atoms with van der Waals surface area (Å²) >= 11 is 0. The van der Waals surface area contributed by atoms with Gasteiger partial charge in [-0.15, -0.1) is 6.58 Å². The Bertz CT molecular complexity index is 460. The van der Waals surface area contributed by atoms with Gasteiger partial charge in [0.2, 0.25) is 0 Å². The van der Waals surface area contributed by atoms with Crippen LogP contribution in [0.4, 0.5) is 0 Å². The van der Waals surface area contributed by atoms with Crippen molar-refractivity contribution in [2.75, 3.05) is 6.54 Å². The van der Waals surface area contributed by atoms with E-state index in [1.165, 1.54) is 10.6 Å². The summed E-state index contributed by atoms with van der Waals surface area (Å²) in [5.41, 5.74) is 11.2. The summed E-state index contributed by atoms with van der Waals surface area (Å²) in [6, 6.07) is 21.2. The van der Waals surface area contributed by atoms with Crippen LogP contribution in [0.5, 0.6) is 0 Å². The second kappa shape index (κ2) is 10.3. The zero-order chi connectivity index (χ0) is 15.5. The summed E-state index contributed by atoms with van der Waals surface area (Å²) in [7, 11) is -0.434. The molecule has 2 rings (SSSR count). The molecule has 0 saturated carbocycles. The molecule has 1 atom stereocenters. The van der Waals surface area contributed by atoms with E-state index in [0.717, 1.165) is 6.42 Å². The van der Waals surface area contributed by atoms with E-state index in [1.807, 2.05) is 0 Å². The molecule has 2 nitrogen and oxygen atoms in total. The Morgan fingerprint density at radius 2 is 1.38 bits per heavy atom. The molecule has 1 unspecified atom stereocenters. The van der Waals surface area contributed by atoms with E-state index >= 15 is 0 Å². The average Bonchev–Trinajstić information content (AvgIpc) is 2.57. The summed E-state index contributed by atoms with van der Waals surface area (Å²) in [6.45, 7) is 6.10. The highest BCUT2D eigenvalue weighted by Crippen LogP contribution is 2.37. The van der Waals surface area contributed by atoms with Gasteiger partial charge in [-0.05, 0) is 25.0 Å². The summed E-state index contributed by atoms with van der Waals surface area (Å²) in [4.78, 5) is 0. The first-order valence-electron chi connectivity index (χ1n) is 7.20. The summed E-state index contributed by atoms with van der Waals surface area (Å²) < 4.78 is 0. The largest absolute Gasteiger partial charge is 0.327 e. The van der Waals surface area contributed by atoms with Gasteiger partial charge in [0.05, 0.1) is 0 Å². The maximum absolute atomic E-state index is 6.31. The molecule has 0 bridgehead atoms. The van der Waals surface area contributed by atoms with Crippen LogP contribution in [0.2, 0.25) is 0 Å². The molecule has 0 aliphatic carbocycles. The molecule has 3 heteroatoms. The van der Waals surface area contributed by atoms with E-state index < -0.39 is 7.92 Å². The van der Waals surface area contributed by atoms with Crippen molar-refractivity contribution in [2.45, 2.75) is 19.1 Å². The molecule has 2 aromatic carbocycles. The van der Waals surface area contributed by atoms with Crippen LogP contribution in [-0.2, 0) is 0 Å². The second-order valence-electron chi connectivity index (χ2n) is 4.54. The van der Waals surface area contributed by atoms with Crippen LogP contribution in [0.15, 0.2) is 73.3 Å². The van der Waals surface area contributed by atoms with Gasteiger partial charge in [-0.2, -0.15) is 0 Å². The quantitative estimate of drug-likeness (QED) is 0.659. The molecule has 2 aromatic rings. The topological polar surface area (TPSA) is 52.0 Å². The summed E-state index contributed by atoms with van der Waals surface area (Å²) in [5, 5.41) is 2.73. The third-order valence-corrected chi connectivity index (χ3v) is 5.72. The Morgan fingerprint density at radius 3 is 1.67 bits per heavy atom. The molecular weight excluding hydrogens is 275 g/mol. The molecule has 0 aliphatic heterocycles. The maximum Gasteiger partial charge on any atom is 0.0322 e. The average molecular weight is 300 g/mol. The van der Waals surface area contributed by atoms with Gasteiger partial charge < -0.3 is 11.5 Å². The molecule has 0 fully saturated rings. The number of hydrogen-bond donors (Lipinski definition) is 2. The molecular formula is C18H25N2P. The zero-order valence-corrected chi connectivity index (χ0v) is 13.5. The number of rotatable bonds is 5. The first-order valence-corrected chi connectivity index (χ1v) is 8.61. The van der Waals surface area contributed by atoms with Gasteiger partial charge >= 0.3 is 0 Å². The lowest BCUT2D eigenvalue weighted by Crippen LogP contribution is -2.27. The van der Waals surface area contributed by atoms with Gasteiger partial charge in [0, 0.05) is 12.3 Å². The van der Waals surface area contributed by atoms with Gasteiger partial charge in [-0.25, -0.2) is 0 Å². The fourth-order valence-electron chi connectivity index (χ4n) is 1.89. The minimum absolute atomic E-state index is 0.231. The SMILES string of the molecule is C=CCN.CCC(N)P(c1ccccc1)c1ccccc1. The normalized spacial score (nSPS) is 11.4. The maximum atomic E-state index is 6.31. The van der Waals surface area contributed by atoms with Gasteiger partial charge in [-0.1, -0.05) is 73.7 Å². The minimum atomic E-state index is -0.434. The van der Waals surface area contributed by atoms with Crippen LogP contribution in [-0.4, -0.2) is 12.3 Å². The van der Waals surface area contributed by atoms with E-state index in [4.69, 9.17) is 11.5 Å². The van der Waals surface area contributed by atoms with E-state index in [0.29, 0.717) is 6.54 Å². The van der Waals surface area contributed by atoms with Crippen molar-refractivity contribution in [1.82, 2.24) is 0 Å². The fourth-order valence-corrected chi connectivity index (χ4v) is 4.31. The van der Waals surface area contributed by atoms with E-state index in [9.17, 15) is 0 Å². The zero-order valence-electron chi connectivity index (χ0n) is 12.7. The van der Waals surface area contributed by atoms with Crippen molar-refractivity contribution >= 4 is 18.5 Å². The van der Waals surface area contributed by atoms with E-state index in [1.54, 1.807) is 6.08 Å². The van der Waals surface area contributed by atoms with Crippen LogP contribution in [0.1, 0.15) is 13.3 Å². The summed E-state index contributed by atoms with van der Waals surface area (Å²) in [6.07, 6.45) is 2.66. The Morgan fingerprint density at radius 1 is 1.00 bits per heavy atom. The lowest BCUT2D eigenvalue weighted by Gasteiger charge is -2.24. The van der Waals surface area contributed by atoms with Crippen molar-refractivity contribution < 1.29 is 0 Å². The molecule has 112 valence electrons. The third kappa shape index (κ3) is 5.81. The first-order chi connectivity index (χ1) is 10.2. The Hall–Kier alpha value is -1.47. The standard InChI is InChI=1S/C15H18NP.C3H7N/c1-2-15(16)17(13-9-5-3-6-10-13)14-11-7-4-8-12-14;1-2-3-4/h3-12,15H,2,16H2,1H3;2H,1,3-4H2. The van der Waals surface area contributed by atoms with Crippen molar-refractivity contribution in [2.24, 2.45) is 11.5 Å². The second-order valence-corrected chi connectivity index (χ2v) is 6.98. The summed E-state index contributed by atoms with van der Waals surface area (Å²) in [5.74, 6) is 0.231. The molecule has 0 aliphatic rings. The number of hydrogen-bond acceptors (Lipinski definition) is 2. The van der Waals surface area contributed by atoms with Gasteiger partial charge in [0.15, 0.2) is 0 Å². The van der Waals surface area contributed by atoms with E-state index in [-0.39, 0.29) is 5.78 Å². The van der Waals surface area contributed by atoms with Gasteiger partial charge in [-0.3, -0.25) is 0 Å². The predicted octanol–water partition coefficient (Wildman–Crippen LogP) is 2.95. The molecule has 21 heavy (non-hydrogen) atoms. The highest BCUT2D eigenvalue weighted by Gasteiger charge is 2.19. The van der Waals surface area contributed by atoms with Crippen LogP contribution in [0, 0.1) is 0 Å². The Labute approximate surface area is 129 Å². The number of nitrogens with two attached hydrogens (primary N) is 2. The van der Waals surface area contributed by atoms with Crippen LogP contribution < -0.4 is 22.1 Å². The van der Waals surface area contributed by atoms with Crippen molar-refractivity contribution in [3.63, 3.8) is 0 Å².